The highest BCUT2D eigenvalue weighted by Crippen LogP contribution is 2.33. The standard InChI is InChI=1S/C21H25N3O4S/c1-14-9-16-10-15(11-17(16)12-19(14)24(27)28)4-5-20(25)23-6-2-3-18(23)21(26)22-7-8-29-13-22/h9-10,12,18H,2-8,11,13H2,1H3/t18-/m1/s1. The summed E-state index contributed by atoms with van der Waals surface area (Å²) in [4.78, 5) is 40.0. The molecule has 0 saturated carbocycles. The first-order valence-electron chi connectivity index (χ1n) is 10.1. The van der Waals surface area contributed by atoms with Crippen LogP contribution >= 0.6 is 11.8 Å². The van der Waals surface area contributed by atoms with E-state index in [4.69, 9.17) is 0 Å². The third-order valence-electron chi connectivity index (χ3n) is 6.01. The van der Waals surface area contributed by atoms with Crippen molar-refractivity contribution in [2.24, 2.45) is 0 Å². The van der Waals surface area contributed by atoms with Gasteiger partial charge in [-0.2, -0.15) is 0 Å². The maximum atomic E-state index is 12.8. The van der Waals surface area contributed by atoms with E-state index < -0.39 is 0 Å². The molecule has 1 aliphatic carbocycles. The number of likely N-dealkylation sites (tertiary alicyclic amines) is 1. The van der Waals surface area contributed by atoms with Crippen LogP contribution < -0.4 is 0 Å². The van der Waals surface area contributed by atoms with Gasteiger partial charge in [-0.3, -0.25) is 19.7 Å². The van der Waals surface area contributed by atoms with E-state index in [1.807, 2.05) is 17.0 Å². The van der Waals surface area contributed by atoms with E-state index in [-0.39, 0.29) is 28.5 Å². The van der Waals surface area contributed by atoms with Crippen LogP contribution in [-0.4, -0.2) is 57.3 Å². The zero-order valence-electron chi connectivity index (χ0n) is 16.6. The molecular weight excluding hydrogens is 390 g/mol. The molecule has 0 aromatic heterocycles. The van der Waals surface area contributed by atoms with Crippen LogP contribution in [0.4, 0.5) is 5.69 Å². The van der Waals surface area contributed by atoms with Gasteiger partial charge in [-0.15, -0.1) is 11.8 Å². The molecule has 0 unspecified atom stereocenters. The van der Waals surface area contributed by atoms with Crippen molar-refractivity contribution in [3.63, 3.8) is 0 Å². The van der Waals surface area contributed by atoms with Crippen molar-refractivity contribution in [2.75, 3.05) is 24.7 Å². The first-order valence-corrected chi connectivity index (χ1v) is 11.2. The Morgan fingerprint density at radius 1 is 1.31 bits per heavy atom. The van der Waals surface area contributed by atoms with E-state index in [1.165, 1.54) is 0 Å². The topological polar surface area (TPSA) is 83.8 Å². The first kappa shape index (κ1) is 19.9. The monoisotopic (exact) mass is 415 g/mol. The van der Waals surface area contributed by atoms with Gasteiger partial charge >= 0.3 is 0 Å². The fourth-order valence-electron chi connectivity index (χ4n) is 4.45. The van der Waals surface area contributed by atoms with Crippen molar-refractivity contribution in [2.45, 2.75) is 45.1 Å². The minimum Gasteiger partial charge on any atom is -0.331 e. The predicted molar refractivity (Wildman–Crippen MR) is 113 cm³/mol. The van der Waals surface area contributed by atoms with E-state index in [0.717, 1.165) is 47.7 Å². The largest absolute Gasteiger partial charge is 0.331 e. The molecule has 0 radical (unpaired) electrons. The summed E-state index contributed by atoms with van der Waals surface area (Å²) in [7, 11) is 0. The molecular formula is C21H25N3O4S. The third-order valence-corrected chi connectivity index (χ3v) is 6.98. The lowest BCUT2D eigenvalue weighted by Gasteiger charge is -2.27. The average molecular weight is 416 g/mol. The number of nitro groups is 1. The highest BCUT2D eigenvalue weighted by Gasteiger charge is 2.37. The van der Waals surface area contributed by atoms with Gasteiger partial charge in [0, 0.05) is 36.9 Å². The summed E-state index contributed by atoms with van der Waals surface area (Å²) in [5.74, 6) is 1.83. The second kappa shape index (κ2) is 8.18. The van der Waals surface area contributed by atoms with Crippen molar-refractivity contribution < 1.29 is 14.5 Å². The molecule has 1 atom stereocenters. The fraction of sp³-hybridized carbons (Fsp3) is 0.524. The van der Waals surface area contributed by atoms with E-state index in [0.29, 0.717) is 31.4 Å². The maximum absolute atomic E-state index is 12.8. The number of thioether (sulfide) groups is 1. The Hall–Kier alpha value is -2.35. The molecule has 0 N–H and O–H groups in total. The van der Waals surface area contributed by atoms with Crippen LogP contribution in [0.25, 0.3) is 6.08 Å². The Labute approximate surface area is 174 Å². The van der Waals surface area contributed by atoms with Crippen LogP contribution in [0.1, 0.15) is 42.4 Å². The summed E-state index contributed by atoms with van der Waals surface area (Å²) >= 11 is 1.76. The first-order chi connectivity index (χ1) is 13.9. The molecule has 154 valence electrons. The zero-order chi connectivity index (χ0) is 20.5. The molecule has 2 saturated heterocycles. The number of carbonyl (C=O) groups is 2. The summed E-state index contributed by atoms with van der Waals surface area (Å²) in [5, 5.41) is 11.2. The number of allylic oxidation sites excluding steroid dienone is 1. The fourth-order valence-corrected chi connectivity index (χ4v) is 5.41. The highest BCUT2D eigenvalue weighted by molar-refractivity contribution is 7.99. The van der Waals surface area contributed by atoms with Gasteiger partial charge in [-0.05, 0) is 49.8 Å². The summed E-state index contributed by atoms with van der Waals surface area (Å²) in [6, 6.07) is 3.20. The molecule has 0 bridgehead atoms. The zero-order valence-corrected chi connectivity index (χ0v) is 17.4. The molecule has 1 aromatic rings. The number of aryl methyl sites for hydroxylation is 1. The molecule has 7 nitrogen and oxygen atoms in total. The van der Waals surface area contributed by atoms with Crippen molar-refractivity contribution in [3.05, 3.63) is 44.5 Å². The molecule has 2 fully saturated rings. The highest BCUT2D eigenvalue weighted by atomic mass is 32.2. The van der Waals surface area contributed by atoms with E-state index >= 15 is 0 Å². The van der Waals surface area contributed by atoms with Gasteiger partial charge in [0.15, 0.2) is 0 Å². The molecule has 29 heavy (non-hydrogen) atoms. The normalized spacial score (nSPS) is 20.7. The quantitative estimate of drug-likeness (QED) is 0.545. The lowest BCUT2D eigenvalue weighted by molar-refractivity contribution is -0.385. The van der Waals surface area contributed by atoms with Crippen LogP contribution in [0.2, 0.25) is 0 Å². The molecule has 2 aliphatic heterocycles. The van der Waals surface area contributed by atoms with Crippen LogP contribution in [0.3, 0.4) is 0 Å². The second-order valence-electron chi connectivity index (χ2n) is 7.96. The predicted octanol–water partition coefficient (Wildman–Crippen LogP) is 3.15. The minimum atomic E-state index is -0.347. The SMILES string of the molecule is Cc1cc2c(cc1[N+](=O)[O-])CC(CCC(=O)N1CCC[C@@H]1C(=O)N1CCSC1)=C2. The van der Waals surface area contributed by atoms with Gasteiger partial charge < -0.3 is 9.80 Å². The third kappa shape index (κ3) is 4.03. The van der Waals surface area contributed by atoms with Crippen LogP contribution in [0, 0.1) is 17.0 Å². The maximum Gasteiger partial charge on any atom is 0.272 e. The number of amides is 2. The van der Waals surface area contributed by atoms with E-state index in [1.54, 1.807) is 29.7 Å². The van der Waals surface area contributed by atoms with Crippen LogP contribution in [-0.2, 0) is 16.0 Å². The Morgan fingerprint density at radius 3 is 2.86 bits per heavy atom. The van der Waals surface area contributed by atoms with Gasteiger partial charge in [0.25, 0.3) is 5.69 Å². The Balaban J connectivity index is 1.36. The van der Waals surface area contributed by atoms with Crippen molar-refractivity contribution in [1.82, 2.24) is 9.80 Å². The number of fused-ring (bicyclic) bond motifs is 1. The number of hydrogen-bond acceptors (Lipinski definition) is 5. The summed E-state index contributed by atoms with van der Waals surface area (Å²) in [5.41, 5.74) is 3.88. The van der Waals surface area contributed by atoms with E-state index in [9.17, 15) is 19.7 Å². The number of rotatable bonds is 5. The number of carbonyl (C=O) groups excluding carboxylic acids is 2. The molecule has 2 amide bonds. The molecule has 2 heterocycles. The molecule has 8 heteroatoms. The van der Waals surface area contributed by atoms with E-state index in [2.05, 4.69) is 0 Å². The summed E-state index contributed by atoms with van der Waals surface area (Å²) < 4.78 is 0. The lowest BCUT2D eigenvalue weighted by atomic mass is 10.0. The number of benzene rings is 1. The van der Waals surface area contributed by atoms with Gasteiger partial charge in [0.1, 0.15) is 6.04 Å². The number of nitrogens with zero attached hydrogens (tertiary/aromatic N) is 3. The van der Waals surface area contributed by atoms with Crippen molar-refractivity contribution in [3.8, 4) is 0 Å². The average Bonchev–Trinajstić information content (AvgIpc) is 3.44. The molecule has 3 aliphatic rings. The molecule has 4 rings (SSSR count). The van der Waals surface area contributed by atoms with Crippen molar-refractivity contribution in [1.29, 1.82) is 0 Å². The number of hydrogen-bond donors (Lipinski definition) is 0. The van der Waals surface area contributed by atoms with Crippen LogP contribution in [0.15, 0.2) is 17.7 Å². The second-order valence-corrected chi connectivity index (χ2v) is 9.03. The molecule has 1 aromatic carbocycles. The summed E-state index contributed by atoms with van der Waals surface area (Å²) in [6.45, 7) is 3.18. The summed E-state index contributed by atoms with van der Waals surface area (Å²) in [6.07, 6.45) is 5.32. The van der Waals surface area contributed by atoms with Crippen LogP contribution in [0.5, 0.6) is 0 Å². The Morgan fingerprint density at radius 2 is 2.14 bits per heavy atom. The van der Waals surface area contributed by atoms with Gasteiger partial charge in [0.2, 0.25) is 11.8 Å². The lowest BCUT2D eigenvalue weighted by Crippen LogP contribution is -2.46. The van der Waals surface area contributed by atoms with Gasteiger partial charge in [-0.1, -0.05) is 11.6 Å². The Bertz CT molecular complexity index is 892. The number of nitro benzene ring substituents is 1. The van der Waals surface area contributed by atoms with Gasteiger partial charge in [0.05, 0.1) is 10.8 Å². The van der Waals surface area contributed by atoms with Gasteiger partial charge in [-0.25, -0.2) is 0 Å². The minimum absolute atomic E-state index is 0.0340. The van der Waals surface area contributed by atoms with Crippen molar-refractivity contribution >= 4 is 35.3 Å². The smallest absolute Gasteiger partial charge is 0.272 e. The Kier molecular flexibility index (Phi) is 5.63. The molecule has 0 spiro atoms.